The first-order valence-corrected chi connectivity index (χ1v) is 12.6. The molecule has 2 heterocycles. The topological polar surface area (TPSA) is 13.1 Å². The number of allylic oxidation sites excluding steroid dienone is 4. The molecule has 0 fully saturated rings. The number of hydrogen-bond acceptors (Lipinski definition) is 1. The van der Waals surface area contributed by atoms with Crippen molar-refractivity contribution in [2.24, 2.45) is 5.92 Å². The zero-order valence-electron chi connectivity index (χ0n) is 21.0. The number of methoxy groups -OCH3 is 1. The van der Waals surface area contributed by atoms with Gasteiger partial charge in [-0.05, 0) is 64.6 Å². The average Bonchev–Trinajstić information content (AvgIpc) is 2.92. The summed E-state index contributed by atoms with van der Waals surface area (Å²) in [5.41, 5.74) is 7.72. The molecule has 0 spiro atoms. The molecule has 4 aromatic carbocycles. The largest absolute Gasteiger partial charge is 0.502 e. The smallest absolute Gasteiger partial charge is 0.221 e. The Bertz CT molecular complexity index is 1660. The predicted octanol–water partition coefficient (Wildman–Crippen LogP) is 8.20. The minimum Gasteiger partial charge on any atom is -0.502 e. The lowest BCUT2D eigenvalue weighted by Crippen LogP contribution is -2.39. The summed E-state index contributed by atoms with van der Waals surface area (Å²) in [4.78, 5) is 0. The summed E-state index contributed by atoms with van der Waals surface area (Å²) >= 11 is 0. The number of nitrogens with zero attached hydrogens (tertiary/aromatic N) is 1. The van der Waals surface area contributed by atoms with Gasteiger partial charge in [0.15, 0.2) is 12.7 Å². The van der Waals surface area contributed by atoms with Crippen LogP contribution in [0.2, 0.25) is 0 Å². The Labute approximate surface area is 212 Å². The fourth-order valence-electron chi connectivity index (χ4n) is 5.55. The molecule has 1 atom stereocenters. The van der Waals surface area contributed by atoms with Crippen molar-refractivity contribution in [1.29, 1.82) is 0 Å². The highest BCUT2D eigenvalue weighted by molar-refractivity contribution is 6.11. The number of fused-ring (bicyclic) bond motifs is 7. The molecule has 2 heteroatoms. The van der Waals surface area contributed by atoms with E-state index in [2.05, 4.69) is 121 Å². The van der Waals surface area contributed by atoms with Crippen molar-refractivity contribution >= 4 is 27.1 Å². The Balaban J connectivity index is 1.59. The molecule has 6 rings (SSSR count). The standard InChI is InChI=1S/C34H30NO/c1-23(19-24(2)36-3)20-28-22-35-18-17-30-29-12-8-7-11-26(29)13-15-31(30)34(35)32-16-14-27(21-33(28)32)25-9-5-4-6-10-25/h4-21,23H,22H2,1-3H3/q+1. The van der Waals surface area contributed by atoms with Crippen LogP contribution in [0.4, 0.5) is 0 Å². The van der Waals surface area contributed by atoms with Crippen LogP contribution in [0.1, 0.15) is 19.4 Å². The molecule has 0 saturated heterocycles. The number of pyridine rings is 1. The quantitative estimate of drug-likeness (QED) is 0.147. The van der Waals surface area contributed by atoms with E-state index in [4.69, 9.17) is 4.74 Å². The minimum absolute atomic E-state index is 0.264. The lowest BCUT2D eigenvalue weighted by Gasteiger charge is -2.21. The van der Waals surface area contributed by atoms with Gasteiger partial charge >= 0.3 is 0 Å². The van der Waals surface area contributed by atoms with Crippen molar-refractivity contribution in [2.75, 3.05) is 7.11 Å². The second-order valence-corrected chi connectivity index (χ2v) is 9.70. The van der Waals surface area contributed by atoms with Gasteiger partial charge in [0.05, 0.1) is 23.8 Å². The zero-order chi connectivity index (χ0) is 24.6. The molecule has 5 aromatic rings. The molecule has 0 radical (unpaired) electrons. The number of benzene rings is 4. The maximum atomic E-state index is 5.42. The monoisotopic (exact) mass is 468 g/mol. The normalized spacial score (nSPS) is 15.1. The summed E-state index contributed by atoms with van der Waals surface area (Å²) in [6.07, 6.45) is 6.82. The van der Waals surface area contributed by atoms with Crippen LogP contribution < -0.4 is 4.57 Å². The van der Waals surface area contributed by atoms with Crippen LogP contribution in [0.3, 0.4) is 0 Å². The van der Waals surface area contributed by atoms with Gasteiger partial charge in [-0.15, -0.1) is 0 Å². The molecule has 0 saturated carbocycles. The van der Waals surface area contributed by atoms with Crippen LogP contribution in [-0.4, -0.2) is 7.11 Å². The first-order chi connectivity index (χ1) is 17.6. The third-order valence-corrected chi connectivity index (χ3v) is 7.29. The second kappa shape index (κ2) is 9.13. The van der Waals surface area contributed by atoms with Gasteiger partial charge in [0, 0.05) is 17.0 Å². The van der Waals surface area contributed by atoms with E-state index in [1.165, 1.54) is 55.1 Å². The molecule has 36 heavy (non-hydrogen) atoms. The maximum absolute atomic E-state index is 5.42. The van der Waals surface area contributed by atoms with Crippen LogP contribution in [0, 0.1) is 5.92 Å². The summed E-state index contributed by atoms with van der Waals surface area (Å²) in [6.45, 7) is 5.08. The van der Waals surface area contributed by atoms with Crippen molar-refractivity contribution in [3.63, 3.8) is 0 Å². The van der Waals surface area contributed by atoms with Crippen molar-refractivity contribution in [3.8, 4) is 22.4 Å². The summed E-state index contributed by atoms with van der Waals surface area (Å²) in [5, 5.41) is 5.18. The lowest BCUT2D eigenvalue weighted by molar-refractivity contribution is -0.673. The molecule has 1 aromatic heterocycles. The van der Waals surface area contributed by atoms with Gasteiger partial charge in [-0.1, -0.05) is 79.7 Å². The van der Waals surface area contributed by atoms with Gasteiger partial charge in [-0.2, -0.15) is 4.57 Å². The highest BCUT2D eigenvalue weighted by atomic mass is 16.5. The van der Waals surface area contributed by atoms with Gasteiger partial charge in [0.25, 0.3) is 0 Å². The van der Waals surface area contributed by atoms with E-state index in [-0.39, 0.29) is 5.92 Å². The molecular formula is C34H30NO+. The molecule has 1 aliphatic rings. The highest BCUT2D eigenvalue weighted by Crippen LogP contribution is 2.40. The zero-order valence-corrected chi connectivity index (χ0v) is 21.0. The summed E-state index contributed by atoms with van der Waals surface area (Å²) in [5.74, 6) is 1.21. The van der Waals surface area contributed by atoms with E-state index in [0.717, 1.165) is 12.3 Å². The van der Waals surface area contributed by atoms with Crippen LogP contribution in [0.5, 0.6) is 0 Å². The van der Waals surface area contributed by atoms with Gasteiger partial charge < -0.3 is 4.74 Å². The Morgan fingerprint density at radius 1 is 0.806 bits per heavy atom. The summed E-state index contributed by atoms with van der Waals surface area (Å²) < 4.78 is 7.83. The van der Waals surface area contributed by atoms with E-state index < -0.39 is 0 Å². The molecule has 176 valence electrons. The van der Waals surface area contributed by atoms with E-state index in [1.807, 2.05) is 6.92 Å². The number of hydrogen-bond donors (Lipinski definition) is 0. The average molecular weight is 469 g/mol. The molecule has 0 N–H and O–H groups in total. The van der Waals surface area contributed by atoms with Gasteiger partial charge in [-0.3, -0.25) is 0 Å². The van der Waals surface area contributed by atoms with Gasteiger partial charge in [-0.25, -0.2) is 0 Å². The fourth-order valence-corrected chi connectivity index (χ4v) is 5.55. The van der Waals surface area contributed by atoms with Crippen LogP contribution in [0.25, 0.3) is 49.5 Å². The SMILES string of the molecule is COC(C)=CC(C)C=C1C[n+]2ccc3c(ccc4ccccc43)c2-c2ccc(-c3ccccc3)cc21. The fraction of sp³-hybridized carbons (Fsp3) is 0.147. The third kappa shape index (κ3) is 3.89. The number of rotatable bonds is 4. The van der Waals surface area contributed by atoms with E-state index in [9.17, 15) is 0 Å². The van der Waals surface area contributed by atoms with Crippen molar-refractivity contribution < 1.29 is 9.30 Å². The molecule has 0 bridgehead atoms. The molecular weight excluding hydrogens is 438 g/mol. The van der Waals surface area contributed by atoms with E-state index in [0.29, 0.717) is 0 Å². The maximum Gasteiger partial charge on any atom is 0.221 e. The van der Waals surface area contributed by atoms with Crippen molar-refractivity contribution in [3.05, 3.63) is 121 Å². The predicted molar refractivity (Wildman–Crippen MR) is 150 cm³/mol. The van der Waals surface area contributed by atoms with Crippen LogP contribution >= 0.6 is 0 Å². The van der Waals surface area contributed by atoms with Crippen LogP contribution in [-0.2, 0) is 11.3 Å². The molecule has 0 amide bonds. The molecule has 2 nitrogen and oxygen atoms in total. The summed E-state index contributed by atoms with van der Waals surface area (Å²) in [7, 11) is 1.73. The van der Waals surface area contributed by atoms with Crippen molar-refractivity contribution in [1.82, 2.24) is 0 Å². The molecule has 1 aliphatic heterocycles. The van der Waals surface area contributed by atoms with Gasteiger partial charge in [0.1, 0.15) is 0 Å². The Morgan fingerprint density at radius 3 is 2.44 bits per heavy atom. The van der Waals surface area contributed by atoms with Gasteiger partial charge in [0.2, 0.25) is 5.69 Å². The lowest BCUT2D eigenvalue weighted by atomic mass is 9.86. The molecule has 0 aliphatic carbocycles. The Morgan fingerprint density at radius 2 is 1.61 bits per heavy atom. The minimum atomic E-state index is 0.264. The first kappa shape index (κ1) is 22.3. The Hall–Kier alpha value is -4.17. The highest BCUT2D eigenvalue weighted by Gasteiger charge is 2.29. The second-order valence-electron chi connectivity index (χ2n) is 9.70. The summed E-state index contributed by atoms with van der Waals surface area (Å²) in [6, 6.07) is 33.1. The van der Waals surface area contributed by atoms with E-state index in [1.54, 1.807) is 7.11 Å². The van der Waals surface area contributed by atoms with Crippen molar-refractivity contribution in [2.45, 2.75) is 20.4 Å². The van der Waals surface area contributed by atoms with Crippen LogP contribution in [0.15, 0.2) is 115 Å². The third-order valence-electron chi connectivity index (χ3n) is 7.29. The Kier molecular flexibility index (Phi) is 5.65. The molecule has 1 unspecified atom stereocenters. The van der Waals surface area contributed by atoms with E-state index >= 15 is 0 Å². The first-order valence-electron chi connectivity index (χ1n) is 12.6. The number of ether oxygens (including phenoxy) is 1. The number of aromatic nitrogens is 1.